The van der Waals surface area contributed by atoms with Crippen LogP contribution in [-0.4, -0.2) is 107 Å². The second kappa shape index (κ2) is 34.7. The molecule has 0 bridgehead atoms. The molecule has 0 aliphatic carbocycles. The highest BCUT2D eigenvalue weighted by atomic mass is 32.3. The van der Waals surface area contributed by atoms with E-state index in [9.17, 15) is 43.3 Å². The fraction of sp³-hybridized carbons (Fsp3) is 0.977. The average molecular weight is 840 g/mol. The Morgan fingerprint density at radius 2 is 1.02 bits per heavy atom. The van der Waals surface area contributed by atoms with Gasteiger partial charge in [0, 0.05) is 0 Å². The summed E-state index contributed by atoms with van der Waals surface area (Å²) in [6.45, 7) is 3.26. The molecule has 340 valence electrons. The van der Waals surface area contributed by atoms with E-state index >= 15 is 0 Å². The molecule has 1 amide bonds. The molecule has 7 N–H and O–H groups in total. The topological polar surface area (TPSA) is 212 Å². The summed E-state index contributed by atoms with van der Waals surface area (Å²) in [7, 11) is -5.10. The van der Waals surface area contributed by atoms with Crippen molar-refractivity contribution in [2.75, 3.05) is 13.2 Å². The van der Waals surface area contributed by atoms with Crippen molar-refractivity contribution in [1.82, 2.24) is 5.32 Å². The Kier molecular flexibility index (Phi) is 33.0. The van der Waals surface area contributed by atoms with Gasteiger partial charge < -0.3 is 40.3 Å². The molecule has 0 radical (unpaired) electrons. The van der Waals surface area contributed by atoms with E-state index < -0.39 is 78.5 Å². The van der Waals surface area contributed by atoms with Crippen LogP contribution in [0.4, 0.5) is 0 Å². The van der Waals surface area contributed by atoms with E-state index in [0.29, 0.717) is 19.3 Å². The molecule has 57 heavy (non-hydrogen) atoms. The van der Waals surface area contributed by atoms with E-state index in [1.807, 2.05) is 0 Å². The number of unbranched alkanes of at least 4 members (excludes halogenated alkanes) is 26. The lowest BCUT2D eigenvalue weighted by Crippen LogP contribution is -2.61. The summed E-state index contributed by atoms with van der Waals surface area (Å²) in [5.41, 5.74) is 0. The molecular weight excluding hydrogens is 755 g/mol. The van der Waals surface area contributed by atoms with Crippen LogP contribution in [0.25, 0.3) is 0 Å². The van der Waals surface area contributed by atoms with Crippen molar-refractivity contribution in [3.05, 3.63) is 0 Å². The van der Waals surface area contributed by atoms with Crippen LogP contribution in [0.1, 0.15) is 206 Å². The maximum Gasteiger partial charge on any atom is 0.397 e. The third-order valence-corrected chi connectivity index (χ3v) is 11.7. The number of carbonyl (C=O) groups excluding carboxylic acids is 1. The van der Waals surface area contributed by atoms with Gasteiger partial charge in [0.1, 0.15) is 30.5 Å². The fourth-order valence-corrected chi connectivity index (χ4v) is 8.09. The van der Waals surface area contributed by atoms with Crippen molar-refractivity contribution in [3.8, 4) is 0 Å². The molecule has 8 atom stereocenters. The Morgan fingerprint density at radius 3 is 1.40 bits per heavy atom. The first-order valence-corrected chi connectivity index (χ1v) is 24.4. The van der Waals surface area contributed by atoms with Crippen LogP contribution in [-0.2, 0) is 28.9 Å². The van der Waals surface area contributed by atoms with Crippen molar-refractivity contribution < 1.29 is 57.0 Å². The fourth-order valence-electron chi connectivity index (χ4n) is 7.58. The number of nitrogens with one attached hydrogen (secondary N) is 1. The summed E-state index contributed by atoms with van der Waals surface area (Å²) in [6, 6.07) is -1.03. The summed E-state index contributed by atoms with van der Waals surface area (Å²) in [6.07, 6.45) is 23.0. The quantitative estimate of drug-likeness (QED) is 0.0236. The molecule has 1 aliphatic heterocycles. The minimum atomic E-state index is -5.10. The number of ether oxygens (including phenoxy) is 2. The zero-order valence-electron chi connectivity index (χ0n) is 35.8. The van der Waals surface area contributed by atoms with Gasteiger partial charge in [0.2, 0.25) is 5.91 Å². The number of carbonyl (C=O) groups is 1. The predicted molar refractivity (Wildman–Crippen MR) is 224 cm³/mol. The third-order valence-electron chi connectivity index (χ3n) is 11.3. The van der Waals surface area contributed by atoms with Crippen molar-refractivity contribution in [1.29, 1.82) is 0 Å². The number of hydrogen-bond acceptors (Lipinski definition) is 11. The van der Waals surface area contributed by atoms with Gasteiger partial charge in [-0.3, -0.25) is 9.35 Å². The van der Waals surface area contributed by atoms with Gasteiger partial charge in [-0.15, -0.1) is 0 Å². The summed E-state index contributed by atoms with van der Waals surface area (Å²) in [5, 5.41) is 55.2. The Morgan fingerprint density at radius 1 is 0.632 bits per heavy atom. The highest BCUT2D eigenvalue weighted by molar-refractivity contribution is 7.80. The lowest BCUT2D eigenvalue weighted by molar-refractivity contribution is -0.298. The summed E-state index contributed by atoms with van der Waals surface area (Å²) < 4.78 is 47.5. The van der Waals surface area contributed by atoms with E-state index in [0.717, 1.165) is 38.5 Å². The largest absolute Gasteiger partial charge is 0.397 e. The van der Waals surface area contributed by atoms with E-state index in [1.54, 1.807) is 0 Å². The normalized spacial score (nSPS) is 21.7. The third kappa shape index (κ3) is 27.5. The molecule has 14 heteroatoms. The van der Waals surface area contributed by atoms with Crippen molar-refractivity contribution in [2.45, 2.75) is 255 Å². The molecule has 1 rings (SSSR count). The minimum Gasteiger partial charge on any atom is -0.394 e. The first kappa shape index (κ1) is 54.1. The van der Waals surface area contributed by atoms with Gasteiger partial charge >= 0.3 is 10.4 Å². The number of hydrogen-bond donors (Lipinski definition) is 7. The molecule has 0 aromatic carbocycles. The highest BCUT2D eigenvalue weighted by Gasteiger charge is 2.48. The molecule has 1 aliphatic rings. The molecule has 1 fully saturated rings. The van der Waals surface area contributed by atoms with Gasteiger partial charge in [0.25, 0.3) is 0 Å². The standard InChI is InChI=1S/C43H85NO12S/c1-3-5-7-9-11-13-15-16-17-18-19-20-21-22-24-25-27-29-31-36(46)35(44-42(50)37(47)32-30-28-26-23-14-12-10-8-6-4-2)34-54-43-40(49)41(56-57(51,52)53)39(48)38(33-45)55-43/h35-41,43,45-49H,3-34H2,1-2H3,(H,44,50)(H,51,52,53). The number of amides is 1. The summed E-state index contributed by atoms with van der Waals surface area (Å²) in [4.78, 5) is 13.1. The number of aliphatic hydroxyl groups is 5. The van der Waals surface area contributed by atoms with Crippen LogP contribution < -0.4 is 5.32 Å². The second-order valence-electron chi connectivity index (χ2n) is 16.5. The van der Waals surface area contributed by atoms with E-state index in [4.69, 9.17) is 9.47 Å². The van der Waals surface area contributed by atoms with Gasteiger partial charge in [-0.1, -0.05) is 194 Å². The van der Waals surface area contributed by atoms with Crippen molar-refractivity contribution in [2.24, 2.45) is 0 Å². The zero-order valence-corrected chi connectivity index (χ0v) is 36.6. The maximum absolute atomic E-state index is 13.1. The maximum atomic E-state index is 13.1. The molecule has 1 heterocycles. The molecule has 0 spiro atoms. The minimum absolute atomic E-state index is 0.264. The van der Waals surface area contributed by atoms with Crippen molar-refractivity contribution in [3.63, 3.8) is 0 Å². The summed E-state index contributed by atoms with van der Waals surface area (Å²) >= 11 is 0. The average Bonchev–Trinajstić information content (AvgIpc) is 3.18. The van der Waals surface area contributed by atoms with E-state index in [1.165, 1.54) is 128 Å². The highest BCUT2D eigenvalue weighted by Crippen LogP contribution is 2.26. The monoisotopic (exact) mass is 840 g/mol. The van der Waals surface area contributed by atoms with Gasteiger partial charge in [0.15, 0.2) is 6.29 Å². The first-order valence-electron chi connectivity index (χ1n) is 23.0. The lowest BCUT2D eigenvalue weighted by Gasteiger charge is -2.41. The Hall–Kier alpha value is -0.940. The smallest absolute Gasteiger partial charge is 0.394 e. The van der Waals surface area contributed by atoms with Crippen LogP contribution >= 0.6 is 0 Å². The van der Waals surface area contributed by atoms with Crippen LogP contribution in [0.2, 0.25) is 0 Å². The van der Waals surface area contributed by atoms with Gasteiger partial charge in [-0.25, -0.2) is 4.18 Å². The van der Waals surface area contributed by atoms with Gasteiger partial charge in [-0.05, 0) is 12.8 Å². The second-order valence-corrected chi connectivity index (χ2v) is 17.5. The van der Waals surface area contributed by atoms with Gasteiger partial charge in [-0.2, -0.15) is 8.42 Å². The summed E-state index contributed by atoms with van der Waals surface area (Å²) in [5.74, 6) is -0.669. The Labute approximate surface area is 346 Å². The predicted octanol–water partition coefficient (Wildman–Crippen LogP) is 7.58. The molecule has 13 nitrogen and oxygen atoms in total. The van der Waals surface area contributed by atoms with E-state index in [2.05, 4.69) is 23.3 Å². The lowest BCUT2D eigenvalue weighted by atomic mass is 9.99. The van der Waals surface area contributed by atoms with Crippen LogP contribution in [0.15, 0.2) is 0 Å². The Balaban J connectivity index is 2.54. The van der Waals surface area contributed by atoms with E-state index in [-0.39, 0.29) is 6.42 Å². The molecular formula is C43H85NO12S. The zero-order chi connectivity index (χ0) is 42.2. The number of rotatable bonds is 39. The van der Waals surface area contributed by atoms with Crippen molar-refractivity contribution >= 4 is 16.3 Å². The molecule has 0 aromatic heterocycles. The first-order chi connectivity index (χ1) is 27.4. The van der Waals surface area contributed by atoms with Gasteiger partial charge in [0.05, 0.1) is 25.4 Å². The molecule has 8 unspecified atom stereocenters. The SMILES string of the molecule is CCCCCCCCCCCCCCCCCCCCC(O)C(COC1OC(CO)C(O)C(OS(=O)(=O)O)C1O)NC(=O)C(O)CCCCCCCCCCCC. The molecule has 0 saturated carbocycles. The number of aliphatic hydroxyl groups excluding tert-OH is 5. The van der Waals surface area contributed by atoms with Crippen LogP contribution in [0.5, 0.6) is 0 Å². The van der Waals surface area contributed by atoms with Crippen LogP contribution in [0.3, 0.4) is 0 Å². The van der Waals surface area contributed by atoms with Crippen LogP contribution in [0, 0.1) is 0 Å². The molecule has 1 saturated heterocycles. The Bertz CT molecular complexity index is 1050. The molecule has 0 aromatic rings.